The number of carbonyl (C=O) groups is 3. The summed E-state index contributed by atoms with van der Waals surface area (Å²) < 4.78 is 0. The van der Waals surface area contributed by atoms with Gasteiger partial charge in [-0.3, -0.25) is 14.9 Å². The van der Waals surface area contributed by atoms with Crippen LogP contribution in [-0.2, 0) is 9.59 Å². The second kappa shape index (κ2) is 5.25. The summed E-state index contributed by atoms with van der Waals surface area (Å²) in [6, 6.07) is 4.29. The summed E-state index contributed by atoms with van der Waals surface area (Å²) >= 11 is 6.07. The standard InChI is InChI=1S/C14H15ClN2O3/c1-7(2)11-12(18)16-14(20)17(13(11)19)10-6-8(3)4-5-9(10)15/h4-7,11H,1-3H3,(H,16,18,20). The molecule has 5 nitrogen and oxygen atoms in total. The molecule has 1 atom stereocenters. The van der Waals surface area contributed by atoms with Crippen molar-refractivity contribution < 1.29 is 14.4 Å². The number of nitrogens with zero attached hydrogens (tertiary/aromatic N) is 1. The molecular formula is C14H15ClN2O3. The summed E-state index contributed by atoms with van der Waals surface area (Å²) in [6.45, 7) is 5.35. The quantitative estimate of drug-likeness (QED) is 0.852. The maximum Gasteiger partial charge on any atom is 0.335 e. The fourth-order valence-corrected chi connectivity index (χ4v) is 2.40. The van der Waals surface area contributed by atoms with Gasteiger partial charge in [0.15, 0.2) is 0 Å². The van der Waals surface area contributed by atoms with Crippen molar-refractivity contribution in [2.75, 3.05) is 4.90 Å². The number of barbiturate groups is 1. The molecule has 1 aromatic carbocycles. The summed E-state index contributed by atoms with van der Waals surface area (Å²) in [7, 11) is 0. The van der Waals surface area contributed by atoms with Crippen molar-refractivity contribution in [2.45, 2.75) is 20.8 Å². The van der Waals surface area contributed by atoms with Gasteiger partial charge in [-0.2, -0.15) is 0 Å². The number of anilines is 1. The van der Waals surface area contributed by atoms with Crippen LogP contribution in [-0.4, -0.2) is 17.8 Å². The molecule has 1 aliphatic rings. The summed E-state index contributed by atoms with van der Waals surface area (Å²) in [4.78, 5) is 37.1. The van der Waals surface area contributed by atoms with Crippen LogP contribution in [0.4, 0.5) is 10.5 Å². The molecule has 0 spiro atoms. The molecule has 1 saturated heterocycles. The molecule has 1 fully saturated rings. The molecule has 1 aromatic rings. The molecule has 1 unspecified atom stereocenters. The molecule has 0 aromatic heterocycles. The Hall–Kier alpha value is -1.88. The van der Waals surface area contributed by atoms with Crippen LogP contribution in [0.2, 0.25) is 5.02 Å². The van der Waals surface area contributed by atoms with Crippen LogP contribution >= 0.6 is 11.6 Å². The summed E-state index contributed by atoms with van der Waals surface area (Å²) in [5, 5.41) is 2.49. The third-order valence-corrected chi connectivity index (χ3v) is 3.53. The zero-order valence-electron chi connectivity index (χ0n) is 11.4. The van der Waals surface area contributed by atoms with Gasteiger partial charge in [0.05, 0.1) is 10.7 Å². The number of urea groups is 1. The highest BCUT2D eigenvalue weighted by atomic mass is 35.5. The van der Waals surface area contributed by atoms with Crippen LogP contribution in [0.1, 0.15) is 19.4 Å². The summed E-state index contributed by atoms with van der Waals surface area (Å²) in [5.74, 6) is -2.19. The van der Waals surface area contributed by atoms with Crippen LogP contribution in [0.5, 0.6) is 0 Å². The molecule has 0 radical (unpaired) electrons. The predicted molar refractivity (Wildman–Crippen MR) is 75.5 cm³/mol. The van der Waals surface area contributed by atoms with Gasteiger partial charge in [0.1, 0.15) is 5.92 Å². The third kappa shape index (κ3) is 2.41. The number of amides is 4. The highest BCUT2D eigenvalue weighted by Crippen LogP contribution is 2.31. The lowest BCUT2D eigenvalue weighted by Gasteiger charge is -2.32. The molecule has 106 valence electrons. The molecule has 4 amide bonds. The lowest BCUT2D eigenvalue weighted by molar-refractivity contribution is -0.136. The molecule has 6 heteroatoms. The second-order valence-electron chi connectivity index (χ2n) is 5.14. The molecule has 1 N–H and O–H groups in total. The van der Waals surface area contributed by atoms with Crippen molar-refractivity contribution in [3.8, 4) is 0 Å². The number of hydrogen-bond acceptors (Lipinski definition) is 3. The van der Waals surface area contributed by atoms with E-state index in [1.54, 1.807) is 32.0 Å². The fourth-order valence-electron chi connectivity index (χ4n) is 2.20. The van der Waals surface area contributed by atoms with Gasteiger partial charge in [-0.05, 0) is 30.5 Å². The molecule has 1 aliphatic heterocycles. The normalized spacial score (nSPS) is 19.6. The molecular weight excluding hydrogens is 280 g/mol. The van der Waals surface area contributed by atoms with E-state index in [-0.39, 0.29) is 10.9 Å². The summed E-state index contributed by atoms with van der Waals surface area (Å²) in [5.41, 5.74) is 1.16. The third-order valence-electron chi connectivity index (χ3n) is 3.21. The van der Waals surface area contributed by atoms with Crippen molar-refractivity contribution in [1.82, 2.24) is 5.32 Å². The number of benzene rings is 1. The number of rotatable bonds is 2. The minimum atomic E-state index is -0.885. The van der Waals surface area contributed by atoms with E-state index in [0.29, 0.717) is 5.69 Å². The number of nitrogens with one attached hydrogen (secondary N) is 1. The minimum absolute atomic E-state index is 0.207. The van der Waals surface area contributed by atoms with Crippen molar-refractivity contribution in [1.29, 1.82) is 0 Å². The smallest absolute Gasteiger partial charge is 0.277 e. The molecule has 2 rings (SSSR count). The molecule has 20 heavy (non-hydrogen) atoms. The zero-order chi connectivity index (χ0) is 15.0. The SMILES string of the molecule is Cc1ccc(Cl)c(N2C(=O)NC(=O)C(C(C)C)C2=O)c1. The Bertz CT molecular complexity index is 598. The maximum absolute atomic E-state index is 12.4. The maximum atomic E-state index is 12.4. The van der Waals surface area contributed by atoms with Gasteiger partial charge in [-0.1, -0.05) is 31.5 Å². The lowest BCUT2D eigenvalue weighted by atomic mass is 9.92. The fraction of sp³-hybridized carbons (Fsp3) is 0.357. The van der Waals surface area contributed by atoms with Crippen molar-refractivity contribution >= 4 is 35.1 Å². The van der Waals surface area contributed by atoms with E-state index in [0.717, 1.165) is 10.5 Å². The second-order valence-corrected chi connectivity index (χ2v) is 5.55. The van der Waals surface area contributed by atoms with Crippen LogP contribution in [0.25, 0.3) is 0 Å². The number of imide groups is 2. The van der Waals surface area contributed by atoms with Crippen LogP contribution < -0.4 is 10.2 Å². The highest BCUT2D eigenvalue weighted by molar-refractivity contribution is 6.36. The zero-order valence-corrected chi connectivity index (χ0v) is 12.2. The average molecular weight is 295 g/mol. The van der Waals surface area contributed by atoms with E-state index in [2.05, 4.69) is 5.32 Å². The van der Waals surface area contributed by atoms with Gasteiger partial charge < -0.3 is 0 Å². The Kier molecular flexibility index (Phi) is 3.81. The minimum Gasteiger partial charge on any atom is -0.277 e. The van der Waals surface area contributed by atoms with Gasteiger partial charge >= 0.3 is 6.03 Å². The van der Waals surface area contributed by atoms with Crippen molar-refractivity contribution in [3.63, 3.8) is 0 Å². The van der Waals surface area contributed by atoms with Crippen molar-refractivity contribution in [2.24, 2.45) is 11.8 Å². The van der Waals surface area contributed by atoms with Gasteiger partial charge in [0.2, 0.25) is 11.8 Å². The number of halogens is 1. The number of aryl methyl sites for hydroxylation is 1. The van der Waals surface area contributed by atoms with E-state index in [9.17, 15) is 14.4 Å². The van der Waals surface area contributed by atoms with Crippen LogP contribution in [0.3, 0.4) is 0 Å². The summed E-state index contributed by atoms with van der Waals surface area (Å²) in [6.07, 6.45) is 0. The lowest BCUT2D eigenvalue weighted by Crippen LogP contribution is -2.59. The Morgan fingerprint density at radius 3 is 2.50 bits per heavy atom. The topological polar surface area (TPSA) is 66.5 Å². The van der Waals surface area contributed by atoms with Gasteiger partial charge in [0, 0.05) is 0 Å². The predicted octanol–water partition coefficient (Wildman–Crippen LogP) is 2.50. The first-order valence-electron chi connectivity index (χ1n) is 6.28. The highest BCUT2D eigenvalue weighted by Gasteiger charge is 2.43. The van der Waals surface area contributed by atoms with E-state index >= 15 is 0 Å². The van der Waals surface area contributed by atoms with E-state index in [4.69, 9.17) is 11.6 Å². The Morgan fingerprint density at radius 2 is 1.90 bits per heavy atom. The monoisotopic (exact) mass is 294 g/mol. The van der Waals surface area contributed by atoms with Crippen LogP contribution in [0, 0.1) is 18.8 Å². The first-order chi connectivity index (χ1) is 9.32. The molecule has 0 aliphatic carbocycles. The Labute approximate surface area is 121 Å². The number of hydrogen-bond donors (Lipinski definition) is 1. The first-order valence-corrected chi connectivity index (χ1v) is 6.65. The Balaban J connectivity index is 2.49. The van der Waals surface area contributed by atoms with Gasteiger partial charge in [-0.25, -0.2) is 9.69 Å². The van der Waals surface area contributed by atoms with E-state index in [1.165, 1.54) is 0 Å². The average Bonchev–Trinajstić information content (AvgIpc) is 2.32. The van der Waals surface area contributed by atoms with E-state index in [1.807, 2.05) is 6.92 Å². The molecule has 0 bridgehead atoms. The number of carbonyl (C=O) groups excluding carboxylic acids is 3. The molecule has 0 saturated carbocycles. The largest absolute Gasteiger partial charge is 0.335 e. The van der Waals surface area contributed by atoms with Gasteiger partial charge in [0.25, 0.3) is 0 Å². The van der Waals surface area contributed by atoms with E-state index < -0.39 is 23.8 Å². The molecule has 1 heterocycles. The van der Waals surface area contributed by atoms with Gasteiger partial charge in [-0.15, -0.1) is 0 Å². The Morgan fingerprint density at radius 1 is 1.25 bits per heavy atom. The first kappa shape index (κ1) is 14.5. The van der Waals surface area contributed by atoms with Crippen molar-refractivity contribution in [3.05, 3.63) is 28.8 Å². The van der Waals surface area contributed by atoms with Crippen LogP contribution in [0.15, 0.2) is 18.2 Å².